The second-order valence-electron chi connectivity index (χ2n) is 8.32. The van der Waals surface area contributed by atoms with Crippen LogP contribution in [0.4, 0.5) is 5.69 Å². The molecule has 5 rings (SSSR count). The molecular formula is C29H22BrNO3S2. The Hall–Kier alpha value is -3.13. The molecule has 0 N–H and O–H groups in total. The SMILES string of the molecule is COc1cc(/C=C2/SC(=S)N(c3cccc(C)c3)C2=O)cc(Br)c1OCc1cccc2ccccc12. The fourth-order valence-electron chi connectivity index (χ4n) is 4.14. The molecule has 36 heavy (non-hydrogen) atoms. The van der Waals surface area contributed by atoms with E-state index < -0.39 is 0 Å². The second-order valence-corrected chi connectivity index (χ2v) is 10.8. The third-order valence-corrected chi connectivity index (χ3v) is 7.75. The van der Waals surface area contributed by atoms with E-state index in [4.69, 9.17) is 21.7 Å². The Morgan fingerprint density at radius 3 is 2.61 bits per heavy atom. The normalized spacial score (nSPS) is 14.6. The van der Waals surface area contributed by atoms with Gasteiger partial charge in [0.1, 0.15) is 6.61 Å². The van der Waals surface area contributed by atoms with Crippen LogP contribution < -0.4 is 14.4 Å². The van der Waals surface area contributed by atoms with E-state index in [0.29, 0.717) is 27.3 Å². The van der Waals surface area contributed by atoms with Crippen LogP contribution in [0.1, 0.15) is 16.7 Å². The molecule has 0 radical (unpaired) electrons. The first-order valence-electron chi connectivity index (χ1n) is 11.3. The number of amides is 1. The summed E-state index contributed by atoms with van der Waals surface area (Å²) in [5.74, 6) is 1.04. The molecular weight excluding hydrogens is 554 g/mol. The minimum Gasteiger partial charge on any atom is -0.493 e. The molecule has 4 aromatic carbocycles. The average molecular weight is 577 g/mol. The Kier molecular flexibility index (Phi) is 7.14. The summed E-state index contributed by atoms with van der Waals surface area (Å²) in [6, 6.07) is 26.0. The van der Waals surface area contributed by atoms with Crippen LogP contribution in [0.5, 0.6) is 11.5 Å². The molecule has 180 valence electrons. The molecule has 1 aliphatic heterocycles. The van der Waals surface area contributed by atoms with Gasteiger partial charge in [0, 0.05) is 0 Å². The number of thioether (sulfide) groups is 1. The summed E-state index contributed by atoms with van der Waals surface area (Å²) >= 11 is 10.4. The highest BCUT2D eigenvalue weighted by molar-refractivity contribution is 9.10. The smallest absolute Gasteiger partial charge is 0.270 e. The number of fused-ring (bicyclic) bond motifs is 1. The molecule has 1 heterocycles. The van der Waals surface area contributed by atoms with Crippen molar-refractivity contribution in [2.45, 2.75) is 13.5 Å². The standard InChI is InChI=1S/C29H22BrNO3S2/c1-18-7-5-11-22(13-18)31-28(32)26(36-29(31)35)16-19-14-24(30)27(25(15-19)33-2)34-17-21-10-6-9-20-8-3-4-12-23(20)21/h3-16H,17H2,1-2H3/b26-16+. The van der Waals surface area contributed by atoms with Gasteiger partial charge in [0.2, 0.25) is 0 Å². The van der Waals surface area contributed by atoms with Crippen molar-refractivity contribution in [3.63, 3.8) is 0 Å². The third kappa shape index (κ3) is 4.91. The average Bonchev–Trinajstić information content (AvgIpc) is 3.15. The van der Waals surface area contributed by atoms with Crippen LogP contribution >= 0.6 is 39.9 Å². The predicted octanol–water partition coefficient (Wildman–Crippen LogP) is 7.90. The third-order valence-electron chi connectivity index (χ3n) is 5.86. The van der Waals surface area contributed by atoms with Gasteiger partial charge in [-0.15, -0.1) is 0 Å². The minimum absolute atomic E-state index is 0.137. The number of benzene rings is 4. The number of thiocarbonyl (C=S) groups is 1. The van der Waals surface area contributed by atoms with E-state index in [-0.39, 0.29) is 5.91 Å². The Labute approximate surface area is 228 Å². The summed E-state index contributed by atoms with van der Waals surface area (Å²) < 4.78 is 13.1. The minimum atomic E-state index is -0.137. The van der Waals surface area contributed by atoms with Crippen molar-refractivity contribution >= 4 is 72.7 Å². The van der Waals surface area contributed by atoms with Crippen LogP contribution in [0.15, 0.2) is 88.2 Å². The number of methoxy groups -OCH3 is 1. The largest absolute Gasteiger partial charge is 0.493 e. The number of nitrogens with zero attached hydrogens (tertiary/aromatic N) is 1. The number of ether oxygens (including phenoxy) is 2. The number of anilines is 1. The molecule has 1 fully saturated rings. The van der Waals surface area contributed by atoms with Crippen LogP contribution in [-0.2, 0) is 11.4 Å². The molecule has 0 bridgehead atoms. The van der Waals surface area contributed by atoms with Gasteiger partial charge in [0.05, 0.1) is 22.2 Å². The van der Waals surface area contributed by atoms with Crippen LogP contribution in [0.3, 0.4) is 0 Å². The summed E-state index contributed by atoms with van der Waals surface area (Å²) in [6.45, 7) is 2.38. The zero-order valence-electron chi connectivity index (χ0n) is 19.7. The first-order chi connectivity index (χ1) is 17.4. The maximum atomic E-state index is 13.2. The highest BCUT2D eigenvalue weighted by Gasteiger charge is 2.33. The van der Waals surface area contributed by atoms with Crippen LogP contribution in [0.25, 0.3) is 16.8 Å². The molecule has 0 spiro atoms. The zero-order chi connectivity index (χ0) is 25.2. The molecule has 0 aromatic heterocycles. The van der Waals surface area contributed by atoms with Crippen molar-refractivity contribution < 1.29 is 14.3 Å². The maximum Gasteiger partial charge on any atom is 0.270 e. The van der Waals surface area contributed by atoms with Gasteiger partial charge < -0.3 is 9.47 Å². The topological polar surface area (TPSA) is 38.8 Å². The fourth-order valence-corrected chi connectivity index (χ4v) is 6.01. The number of rotatable bonds is 6. The number of hydrogen-bond donors (Lipinski definition) is 0. The van der Waals surface area contributed by atoms with Gasteiger partial charge in [0.25, 0.3) is 5.91 Å². The van der Waals surface area contributed by atoms with Crippen molar-refractivity contribution in [1.29, 1.82) is 0 Å². The number of hydrogen-bond acceptors (Lipinski definition) is 5. The van der Waals surface area contributed by atoms with E-state index in [1.165, 1.54) is 17.1 Å². The van der Waals surface area contributed by atoms with Crippen molar-refractivity contribution in [3.8, 4) is 11.5 Å². The van der Waals surface area contributed by atoms with Gasteiger partial charge >= 0.3 is 0 Å². The van der Waals surface area contributed by atoms with Gasteiger partial charge in [0.15, 0.2) is 15.8 Å². The van der Waals surface area contributed by atoms with Gasteiger partial charge in [-0.2, -0.15) is 0 Å². The van der Waals surface area contributed by atoms with Crippen molar-refractivity contribution in [3.05, 3.63) is 105 Å². The van der Waals surface area contributed by atoms with E-state index in [1.54, 1.807) is 12.0 Å². The molecule has 0 aliphatic carbocycles. The van der Waals surface area contributed by atoms with Crippen LogP contribution in [-0.4, -0.2) is 17.3 Å². The van der Waals surface area contributed by atoms with Gasteiger partial charge in [-0.3, -0.25) is 9.69 Å². The lowest BCUT2D eigenvalue weighted by molar-refractivity contribution is -0.113. The number of carbonyl (C=O) groups is 1. The molecule has 1 aliphatic rings. The summed E-state index contributed by atoms with van der Waals surface area (Å²) in [4.78, 5) is 15.3. The molecule has 0 atom stereocenters. The summed E-state index contributed by atoms with van der Waals surface area (Å²) in [5.41, 5.74) is 3.74. The maximum absolute atomic E-state index is 13.2. The number of aryl methyl sites for hydroxylation is 1. The van der Waals surface area contributed by atoms with Gasteiger partial charge in [-0.05, 0) is 80.7 Å². The predicted molar refractivity (Wildman–Crippen MR) is 156 cm³/mol. The number of halogens is 1. The van der Waals surface area contributed by atoms with E-state index in [9.17, 15) is 4.79 Å². The lowest BCUT2D eigenvalue weighted by Gasteiger charge is -2.15. The lowest BCUT2D eigenvalue weighted by Crippen LogP contribution is -2.27. The Morgan fingerprint density at radius 1 is 1.03 bits per heavy atom. The first-order valence-corrected chi connectivity index (χ1v) is 13.3. The quantitative estimate of drug-likeness (QED) is 0.172. The number of carbonyl (C=O) groups excluding carboxylic acids is 1. The van der Waals surface area contributed by atoms with Crippen molar-refractivity contribution in [2.24, 2.45) is 0 Å². The lowest BCUT2D eigenvalue weighted by atomic mass is 10.1. The highest BCUT2D eigenvalue weighted by atomic mass is 79.9. The molecule has 0 saturated carbocycles. The summed E-state index contributed by atoms with van der Waals surface area (Å²) in [7, 11) is 1.60. The van der Waals surface area contributed by atoms with E-state index in [1.807, 2.05) is 67.6 Å². The van der Waals surface area contributed by atoms with Gasteiger partial charge in [-0.1, -0.05) is 78.6 Å². The van der Waals surface area contributed by atoms with E-state index >= 15 is 0 Å². The molecule has 1 saturated heterocycles. The first kappa shape index (κ1) is 24.6. The Morgan fingerprint density at radius 2 is 1.81 bits per heavy atom. The van der Waals surface area contributed by atoms with Crippen LogP contribution in [0, 0.1) is 6.92 Å². The fraction of sp³-hybridized carbons (Fsp3) is 0.103. The molecule has 7 heteroatoms. The monoisotopic (exact) mass is 575 g/mol. The van der Waals surface area contributed by atoms with E-state index in [0.717, 1.165) is 32.2 Å². The molecule has 4 aromatic rings. The molecule has 1 amide bonds. The Balaban J connectivity index is 1.41. The highest BCUT2D eigenvalue weighted by Crippen LogP contribution is 2.40. The van der Waals surface area contributed by atoms with Crippen LogP contribution in [0.2, 0.25) is 0 Å². The Bertz CT molecular complexity index is 1530. The molecule has 4 nitrogen and oxygen atoms in total. The zero-order valence-corrected chi connectivity index (χ0v) is 22.9. The summed E-state index contributed by atoms with van der Waals surface area (Å²) in [5, 5.41) is 2.32. The molecule has 0 unspecified atom stereocenters. The van der Waals surface area contributed by atoms with Crippen molar-refractivity contribution in [2.75, 3.05) is 12.0 Å². The van der Waals surface area contributed by atoms with Gasteiger partial charge in [-0.25, -0.2) is 0 Å². The van der Waals surface area contributed by atoms with E-state index in [2.05, 4.69) is 40.2 Å². The van der Waals surface area contributed by atoms with Crippen molar-refractivity contribution in [1.82, 2.24) is 0 Å². The second kappa shape index (κ2) is 10.5. The summed E-state index contributed by atoms with van der Waals surface area (Å²) in [6.07, 6.45) is 1.83.